The molecule has 0 fully saturated rings. The average molecular weight is 407 g/mol. The summed E-state index contributed by atoms with van der Waals surface area (Å²) in [5.41, 5.74) is 2.90. The van der Waals surface area contributed by atoms with Crippen LogP contribution in [-0.4, -0.2) is 25.0 Å². The molecule has 0 unspecified atom stereocenters. The molecule has 0 bridgehead atoms. The number of hydrogen-bond acceptors (Lipinski definition) is 5. The Morgan fingerprint density at radius 1 is 1.17 bits per heavy atom. The molecule has 3 aromatic heterocycles. The molecule has 29 heavy (non-hydrogen) atoms. The van der Waals surface area contributed by atoms with Crippen LogP contribution in [0, 0.1) is 13.8 Å². The molecule has 0 aliphatic carbocycles. The maximum Gasteiger partial charge on any atom is 0.262 e. The third kappa shape index (κ3) is 3.97. The van der Waals surface area contributed by atoms with Crippen molar-refractivity contribution in [3.8, 4) is 0 Å². The minimum absolute atomic E-state index is 0.0558. The van der Waals surface area contributed by atoms with Gasteiger partial charge >= 0.3 is 0 Å². The van der Waals surface area contributed by atoms with Crippen LogP contribution in [0.15, 0.2) is 54.1 Å². The molecule has 4 aromatic rings. The SMILES string of the molecule is Cc1sc2ncn(CC(=O)NCc3ccccc3Cn3ccnc3)c(=O)c2c1C. The molecule has 1 N–H and O–H groups in total. The molecule has 148 valence electrons. The third-order valence-corrected chi connectivity index (χ3v) is 6.09. The van der Waals surface area contributed by atoms with Gasteiger partial charge in [0.15, 0.2) is 0 Å². The van der Waals surface area contributed by atoms with Gasteiger partial charge in [-0.25, -0.2) is 9.97 Å². The quantitative estimate of drug-likeness (QED) is 0.533. The maximum absolute atomic E-state index is 12.7. The van der Waals surface area contributed by atoms with E-state index >= 15 is 0 Å². The van der Waals surface area contributed by atoms with Crippen molar-refractivity contribution in [2.75, 3.05) is 0 Å². The number of hydrogen-bond donors (Lipinski definition) is 1. The first-order valence-corrected chi connectivity index (χ1v) is 10.1. The van der Waals surface area contributed by atoms with Gasteiger partial charge in [0.1, 0.15) is 11.4 Å². The van der Waals surface area contributed by atoms with Crippen molar-refractivity contribution in [1.29, 1.82) is 0 Å². The number of carbonyl (C=O) groups excluding carboxylic acids is 1. The van der Waals surface area contributed by atoms with Crippen LogP contribution in [-0.2, 0) is 24.4 Å². The lowest BCUT2D eigenvalue weighted by atomic mass is 10.1. The first-order chi connectivity index (χ1) is 14.0. The van der Waals surface area contributed by atoms with Gasteiger partial charge in [-0.3, -0.25) is 14.2 Å². The van der Waals surface area contributed by atoms with E-state index in [2.05, 4.69) is 15.3 Å². The number of thiophene rings is 1. The van der Waals surface area contributed by atoms with E-state index in [0.717, 1.165) is 26.4 Å². The fraction of sp³-hybridized carbons (Fsp3) is 0.238. The summed E-state index contributed by atoms with van der Waals surface area (Å²) in [6.07, 6.45) is 6.86. The topological polar surface area (TPSA) is 81.8 Å². The molecular weight excluding hydrogens is 386 g/mol. The molecule has 7 nitrogen and oxygen atoms in total. The summed E-state index contributed by atoms with van der Waals surface area (Å²) in [6, 6.07) is 7.95. The Hall–Kier alpha value is -3.26. The van der Waals surface area contributed by atoms with Crippen LogP contribution < -0.4 is 10.9 Å². The predicted molar refractivity (Wildman–Crippen MR) is 113 cm³/mol. The Labute approximate surface area is 171 Å². The van der Waals surface area contributed by atoms with Crippen LogP contribution in [0.2, 0.25) is 0 Å². The molecule has 0 spiro atoms. The molecule has 8 heteroatoms. The van der Waals surface area contributed by atoms with E-state index in [1.54, 1.807) is 12.5 Å². The van der Waals surface area contributed by atoms with Crippen LogP contribution in [0.25, 0.3) is 10.2 Å². The highest BCUT2D eigenvalue weighted by Crippen LogP contribution is 2.25. The van der Waals surface area contributed by atoms with Gasteiger partial charge in [0.05, 0.1) is 18.0 Å². The van der Waals surface area contributed by atoms with Crippen LogP contribution in [0.5, 0.6) is 0 Å². The fourth-order valence-electron chi connectivity index (χ4n) is 3.25. The largest absolute Gasteiger partial charge is 0.350 e. The van der Waals surface area contributed by atoms with E-state index < -0.39 is 0 Å². The molecule has 0 saturated heterocycles. The van der Waals surface area contributed by atoms with E-state index in [1.807, 2.05) is 48.9 Å². The van der Waals surface area contributed by atoms with Crippen LogP contribution in [0.1, 0.15) is 21.6 Å². The third-order valence-electron chi connectivity index (χ3n) is 4.98. The predicted octanol–water partition coefficient (Wildman–Crippen LogP) is 2.64. The number of rotatable bonds is 6. The van der Waals surface area contributed by atoms with Crippen molar-refractivity contribution < 1.29 is 4.79 Å². The molecular formula is C21H21N5O2S. The number of aryl methyl sites for hydroxylation is 2. The molecule has 4 rings (SSSR count). The molecule has 0 radical (unpaired) electrons. The zero-order chi connectivity index (χ0) is 20.4. The van der Waals surface area contributed by atoms with E-state index in [1.165, 1.54) is 22.2 Å². The van der Waals surface area contributed by atoms with E-state index in [-0.39, 0.29) is 18.0 Å². The molecule has 0 aliphatic rings. The van der Waals surface area contributed by atoms with Crippen molar-refractivity contribution in [3.05, 3.63) is 81.2 Å². The Kier molecular flexibility index (Phi) is 5.26. The second-order valence-corrected chi connectivity index (χ2v) is 8.12. The van der Waals surface area contributed by atoms with Gasteiger partial charge in [0.25, 0.3) is 5.56 Å². The summed E-state index contributed by atoms with van der Waals surface area (Å²) < 4.78 is 3.35. The second kappa shape index (κ2) is 8.00. The number of imidazole rings is 1. The van der Waals surface area contributed by atoms with Gasteiger partial charge < -0.3 is 9.88 Å². The number of benzene rings is 1. The van der Waals surface area contributed by atoms with Gasteiger partial charge in [0.2, 0.25) is 5.91 Å². The van der Waals surface area contributed by atoms with Crippen molar-refractivity contribution >= 4 is 27.5 Å². The van der Waals surface area contributed by atoms with Gasteiger partial charge in [-0.2, -0.15) is 0 Å². The van der Waals surface area contributed by atoms with E-state index in [0.29, 0.717) is 18.5 Å². The molecule has 1 aromatic carbocycles. The van der Waals surface area contributed by atoms with E-state index in [9.17, 15) is 9.59 Å². The standard InChI is InChI=1S/C21H21N5O2S/c1-14-15(2)29-20-19(14)21(28)26(13-24-20)11-18(27)23-9-16-5-3-4-6-17(16)10-25-8-7-22-12-25/h3-8,12-13H,9-11H2,1-2H3,(H,23,27). The summed E-state index contributed by atoms with van der Waals surface area (Å²) in [7, 11) is 0. The lowest BCUT2D eigenvalue weighted by molar-refractivity contribution is -0.121. The van der Waals surface area contributed by atoms with Gasteiger partial charge in [-0.05, 0) is 30.5 Å². The lowest BCUT2D eigenvalue weighted by Crippen LogP contribution is -2.32. The van der Waals surface area contributed by atoms with Crippen molar-refractivity contribution in [2.24, 2.45) is 0 Å². The first-order valence-electron chi connectivity index (χ1n) is 9.27. The molecule has 0 atom stereocenters. The number of nitrogens with one attached hydrogen (secondary N) is 1. The Morgan fingerprint density at radius 2 is 1.97 bits per heavy atom. The number of fused-ring (bicyclic) bond motifs is 1. The summed E-state index contributed by atoms with van der Waals surface area (Å²) in [5, 5.41) is 3.52. The summed E-state index contributed by atoms with van der Waals surface area (Å²) in [6.45, 7) is 4.91. The van der Waals surface area contributed by atoms with Crippen molar-refractivity contribution in [3.63, 3.8) is 0 Å². The zero-order valence-corrected chi connectivity index (χ0v) is 17.1. The smallest absolute Gasteiger partial charge is 0.262 e. The zero-order valence-electron chi connectivity index (χ0n) is 16.3. The minimum Gasteiger partial charge on any atom is -0.350 e. The highest BCUT2D eigenvalue weighted by molar-refractivity contribution is 7.18. The van der Waals surface area contributed by atoms with Crippen LogP contribution in [0.3, 0.4) is 0 Å². The number of nitrogens with zero attached hydrogens (tertiary/aromatic N) is 4. The first kappa shape index (κ1) is 19.1. The summed E-state index contributed by atoms with van der Waals surface area (Å²) >= 11 is 1.50. The maximum atomic E-state index is 12.7. The highest BCUT2D eigenvalue weighted by atomic mass is 32.1. The summed E-state index contributed by atoms with van der Waals surface area (Å²) in [4.78, 5) is 35.4. The van der Waals surface area contributed by atoms with Gasteiger partial charge in [0, 0.05) is 30.4 Å². The Morgan fingerprint density at radius 3 is 2.72 bits per heavy atom. The highest BCUT2D eigenvalue weighted by Gasteiger charge is 2.14. The molecule has 0 saturated carbocycles. The molecule has 3 heterocycles. The number of carbonyl (C=O) groups is 1. The molecule has 1 amide bonds. The second-order valence-electron chi connectivity index (χ2n) is 6.92. The number of aromatic nitrogens is 4. The summed E-state index contributed by atoms with van der Waals surface area (Å²) in [5.74, 6) is -0.227. The molecule has 0 aliphatic heterocycles. The van der Waals surface area contributed by atoms with Crippen LogP contribution >= 0.6 is 11.3 Å². The van der Waals surface area contributed by atoms with E-state index in [4.69, 9.17) is 0 Å². The monoisotopic (exact) mass is 407 g/mol. The normalized spacial score (nSPS) is 11.1. The van der Waals surface area contributed by atoms with Gasteiger partial charge in [-0.1, -0.05) is 24.3 Å². The Balaban J connectivity index is 1.46. The average Bonchev–Trinajstić information content (AvgIpc) is 3.32. The van der Waals surface area contributed by atoms with Crippen molar-refractivity contribution in [1.82, 2.24) is 24.4 Å². The fourth-order valence-corrected chi connectivity index (χ4v) is 4.24. The van der Waals surface area contributed by atoms with Gasteiger partial charge in [-0.15, -0.1) is 11.3 Å². The Bertz CT molecular complexity index is 1220. The lowest BCUT2D eigenvalue weighted by Gasteiger charge is -2.12. The van der Waals surface area contributed by atoms with Crippen LogP contribution in [0.4, 0.5) is 0 Å². The minimum atomic E-state index is -0.227. The van der Waals surface area contributed by atoms with Crippen molar-refractivity contribution in [2.45, 2.75) is 33.5 Å². The number of amides is 1.